The molecule has 0 aliphatic carbocycles. The summed E-state index contributed by atoms with van der Waals surface area (Å²) in [4.78, 5) is 11.2. The Balaban J connectivity index is 2.07. The third kappa shape index (κ3) is 8.26. The Morgan fingerprint density at radius 1 is 0.828 bits per heavy atom. The number of carbonyl (C=O) groups excluding carboxylic acids is 1. The summed E-state index contributed by atoms with van der Waals surface area (Å²) in [6.07, 6.45) is 0. The van der Waals surface area contributed by atoms with Gasteiger partial charge in [-0.15, -0.1) is 0 Å². The first kappa shape index (κ1) is 23.5. The van der Waals surface area contributed by atoms with Crippen LogP contribution in [0.2, 0.25) is 26.2 Å². The summed E-state index contributed by atoms with van der Waals surface area (Å²) < 4.78 is 17.3. The number of ether oxygens (including phenoxy) is 2. The van der Waals surface area contributed by atoms with Crippen LogP contribution >= 0.6 is 0 Å². The molecular formula is C23H34O4Si2. The minimum atomic E-state index is -1.95. The van der Waals surface area contributed by atoms with Gasteiger partial charge in [0.25, 0.3) is 0 Å². The molecule has 2 rings (SSSR count). The van der Waals surface area contributed by atoms with Crippen molar-refractivity contribution in [3.8, 4) is 0 Å². The van der Waals surface area contributed by atoms with Gasteiger partial charge < -0.3 is 13.6 Å². The molecule has 6 heteroatoms. The molecule has 0 bridgehead atoms. The Labute approximate surface area is 177 Å². The number of esters is 1. The van der Waals surface area contributed by atoms with E-state index in [1.54, 1.807) is 7.11 Å². The van der Waals surface area contributed by atoms with Crippen LogP contribution in [0.25, 0.3) is 0 Å². The molecule has 0 unspecified atom stereocenters. The van der Waals surface area contributed by atoms with Crippen LogP contribution in [0.15, 0.2) is 48.5 Å². The fourth-order valence-electron chi connectivity index (χ4n) is 3.82. The van der Waals surface area contributed by atoms with Crippen LogP contribution in [0.5, 0.6) is 0 Å². The van der Waals surface area contributed by atoms with E-state index in [0.717, 1.165) is 17.7 Å². The van der Waals surface area contributed by atoms with E-state index in [1.165, 1.54) is 23.6 Å². The summed E-state index contributed by atoms with van der Waals surface area (Å²) in [6.45, 7) is 11.6. The van der Waals surface area contributed by atoms with Crippen molar-refractivity contribution < 1.29 is 18.4 Å². The first-order valence-electron chi connectivity index (χ1n) is 10.1. The molecule has 0 aromatic heterocycles. The maximum Gasteiger partial charge on any atom is 0.302 e. The lowest BCUT2D eigenvalue weighted by Gasteiger charge is -2.34. The highest BCUT2D eigenvalue weighted by Crippen LogP contribution is 2.24. The summed E-state index contributed by atoms with van der Waals surface area (Å²) in [5, 5.41) is 0. The molecule has 0 aliphatic rings. The first-order valence-corrected chi connectivity index (χ1v) is 16.3. The van der Waals surface area contributed by atoms with E-state index in [-0.39, 0.29) is 5.97 Å². The second-order valence-electron chi connectivity index (χ2n) is 8.78. The molecule has 0 radical (unpaired) electrons. The van der Waals surface area contributed by atoms with Crippen molar-refractivity contribution in [2.75, 3.05) is 7.11 Å². The number of methoxy groups -OCH3 is 1. The Morgan fingerprint density at radius 3 is 2.10 bits per heavy atom. The molecule has 158 valence electrons. The molecule has 4 nitrogen and oxygen atoms in total. The van der Waals surface area contributed by atoms with E-state index in [0.29, 0.717) is 13.2 Å². The quantitative estimate of drug-likeness (QED) is 0.384. The van der Waals surface area contributed by atoms with Gasteiger partial charge in [-0.05, 0) is 60.5 Å². The van der Waals surface area contributed by atoms with Crippen molar-refractivity contribution in [3.63, 3.8) is 0 Å². The zero-order chi connectivity index (χ0) is 21.5. The lowest BCUT2D eigenvalue weighted by Crippen LogP contribution is -2.47. The van der Waals surface area contributed by atoms with Gasteiger partial charge in [-0.3, -0.25) is 4.79 Å². The van der Waals surface area contributed by atoms with Crippen LogP contribution in [-0.4, -0.2) is 29.7 Å². The van der Waals surface area contributed by atoms with E-state index in [1.807, 2.05) is 18.2 Å². The van der Waals surface area contributed by atoms with E-state index < -0.39 is 16.6 Å². The largest absolute Gasteiger partial charge is 0.461 e. The van der Waals surface area contributed by atoms with E-state index >= 15 is 0 Å². The van der Waals surface area contributed by atoms with Crippen molar-refractivity contribution in [2.45, 2.75) is 58.4 Å². The van der Waals surface area contributed by atoms with Crippen LogP contribution < -0.4 is 0 Å². The molecule has 0 saturated heterocycles. The molecule has 0 aliphatic heterocycles. The lowest BCUT2D eigenvalue weighted by molar-refractivity contribution is -0.142. The van der Waals surface area contributed by atoms with Gasteiger partial charge in [-0.25, -0.2) is 0 Å². The highest BCUT2D eigenvalue weighted by molar-refractivity contribution is 6.84. The molecule has 0 heterocycles. The summed E-state index contributed by atoms with van der Waals surface area (Å²) >= 11 is 0. The van der Waals surface area contributed by atoms with Crippen LogP contribution in [0, 0.1) is 0 Å². The topological polar surface area (TPSA) is 44.8 Å². The van der Waals surface area contributed by atoms with Crippen LogP contribution in [0.4, 0.5) is 0 Å². The molecule has 2 aromatic carbocycles. The molecule has 0 spiro atoms. The Morgan fingerprint density at radius 2 is 1.45 bits per heavy atom. The number of carbonyl (C=O) groups is 1. The van der Waals surface area contributed by atoms with Gasteiger partial charge in [0, 0.05) is 14.0 Å². The first-order chi connectivity index (χ1) is 13.6. The van der Waals surface area contributed by atoms with Gasteiger partial charge in [0.1, 0.15) is 6.61 Å². The molecular weight excluding hydrogens is 396 g/mol. The Hall–Kier alpha value is -1.74. The monoisotopic (exact) mass is 430 g/mol. The average molecular weight is 431 g/mol. The molecule has 29 heavy (non-hydrogen) atoms. The van der Waals surface area contributed by atoms with Gasteiger partial charge in [0.15, 0.2) is 16.6 Å². The summed E-state index contributed by atoms with van der Waals surface area (Å²) in [5.74, 6) is -0.253. The summed E-state index contributed by atoms with van der Waals surface area (Å²) in [7, 11) is -2.13. The standard InChI is InChI=1S/C23H34O4Si2/c1-19(24)26-16-22-12-7-8-13-23(22)18-29(5,6)27-28(3,4)17-21-11-9-10-20(14-21)15-25-2/h7-14H,15-18H2,1-6H3. The zero-order valence-electron chi connectivity index (χ0n) is 18.6. The van der Waals surface area contributed by atoms with E-state index in [2.05, 4.69) is 56.5 Å². The smallest absolute Gasteiger partial charge is 0.302 e. The fourth-order valence-corrected chi connectivity index (χ4v) is 12.8. The normalized spacial score (nSPS) is 12.1. The molecule has 0 fully saturated rings. The van der Waals surface area contributed by atoms with Crippen molar-refractivity contribution in [1.29, 1.82) is 0 Å². The molecule has 2 aromatic rings. The van der Waals surface area contributed by atoms with Crippen molar-refractivity contribution in [3.05, 3.63) is 70.8 Å². The van der Waals surface area contributed by atoms with Gasteiger partial charge in [0.2, 0.25) is 0 Å². The number of benzene rings is 2. The molecule has 0 saturated carbocycles. The van der Waals surface area contributed by atoms with Crippen LogP contribution in [0.1, 0.15) is 29.2 Å². The predicted octanol–water partition coefficient (Wildman–Crippen LogP) is 5.19. The average Bonchev–Trinajstić information content (AvgIpc) is 2.59. The maximum absolute atomic E-state index is 11.2. The summed E-state index contributed by atoms with van der Waals surface area (Å²) in [6, 6.07) is 18.7. The Kier molecular flexibility index (Phi) is 8.39. The maximum atomic E-state index is 11.2. The summed E-state index contributed by atoms with van der Waals surface area (Å²) in [5.41, 5.74) is 4.80. The van der Waals surface area contributed by atoms with Gasteiger partial charge in [-0.2, -0.15) is 0 Å². The Bertz CT molecular complexity index is 818. The van der Waals surface area contributed by atoms with Gasteiger partial charge >= 0.3 is 5.97 Å². The van der Waals surface area contributed by atoms with Gasteiger partial charge in [0.05, 0.1) is 6.61 Å². The second kappa shape index (κ2) is 10.3. The lowest BCUT2D eigenvalue weighted by atomic mass is 10.1. The van der Waals surface area contributed by atoms with Crippen molar-refractivity contribution in [2.24, 2.45) is 0 Å². The van der Waals surface area contributed by atoms with Crippen molar-refractivity contribution in [1.82, 2.24) is 0 Å². The second-order valence-corrected chi connectivity index (χ2v) is 17.3. The number of rotatable bonds is 10. The highest BCUT2D eigenvalue weighted by Gasteiger charge is 2.33. The predicted molar refractivity (Wildman–Crippen MR) is 123 cm³/mol. The minimum absolute atomic E-state index is 0.253. The van der Waals surface area contributed by atoms with Gasteiger partial charge in [-0.1, -0.05) is 48.5 Å². The molecule has 0 amide bonds. The van der Waals surface area contributed by atoms with Crippen LogP contribution in [0.3, 0.4) is 0 Å². The third-order valence-corrected chi connectivity index (χ3v) is 11.6. The number of hydrogen-bond acceptors (Lipinski definition) is 4. The molecule has 0 N–H and O–H groups in total. The SMILES string of the molecule is COCc1cccc(C[Si](C)(C)O[Si](C)(C)Cc2ccccc2COC(C)=O)c1. The highest BCUT2D eigenvalue weighted by atomic mass is 28.4. The van der Waals surface area contributed by atoms with E-state index in [4.69, 9.17) is 13.6 Å². The van der Waals surface area contributed by atoms with Crippen LogP contribution in [-0.2, 0) is 43.7 Å². The fraction of sp³-hybridized carbons (Fsp3) is 0.435. The minimum Gasteiger partial charge on any atom is -0.461 e. The molecule has 0 atom stereocenters. The zero-order valence-corrected chi connectivity index (χ0v) is 20.6. The van der Waals surface area contributed by atoms with Crippen molar-refractivity contribution >= 4 is 22.6 Å². The number of hydrogen-bond donors (Lipinski definition) is 0. The third-order valence-electron chi connectivity index (χ3n) is 4.65. The van der Waals surface area contributed by atoms with E-state index in [9.17, 15) is 4.79 Å².